The number of benzene rings is 1. The van der Waals surface area contributed by atoms with E-state index >= 15 is 0 Å². The molecule has 0 spiro atoms. The van der Waals surface area contributed by atoms with Crippen molar-refractivity contribution in [2.24, 2.45) is 0 Å². The number of hydrogen-bond donors (Lipinski definition) is 1. The van der Waals surface area contributed by atoms with Gasteiger partial charge in [0.1, 0.15) is 11.5 Å². The number of carbonyl (C=O) groups excluding carboxylic acids is 1. The lowest BCUT2D eigenvalue weighted by molar-refractivity contribution is -0.139. The molecule has 116 valence electrons. The van der Waals surface area contributed by atoms with E-state index in [9.17, 15) is 9.90 Å². The molecule has 1 aromatic carbocycles. The van der Waals surface area contributed by atoms with Gasteiger partial charge in [-0.25, -0.2) is 4.79 Å². The molecule has 0 unspecified atom stereocenters. The van der Waals surface area contributed by atoms with Gasteiger partial charge in [0.05, 0.1) is 13.2 Å². The van der Waals surface area contributed by atoms with Gasteiger partial charge in [-0.15, -0.1) is 0 Å². The number of phenolic OH excluding ortho intramolecular Hbond substituents is 1. The molecule has 1 aromatic rings. The van der Waals surface area contributed by atoms with Crippen molar-refractivity contribution in [1.82, 2.24) is 0 Å². The lowest BCUT2D eigenvalue weighted by atomic mass is 10.1. The largest absolute Gasteiger partial charge is 0.508 e. The van der Waals surface area contributed by atoms with Gasteiger partial charge >= 0.3 is 5.97 Å². The molecule has 0 heterocycles. The first-order valence-corrected chi connectivity index (χ1v) is 7.32. The minimum Gasteiger partial charge on any atom is -0.508 e. The van der Waals surface area contributed by atoms with Crippen LogP contribution in [0.5, 0.6) is 11.5 Å². The molecule has 4 nitrogen and oxygen atoms in total. The Morgan fingerprint density at radius 1 is 1.29 bits per heavy atom. The molecular weight excluding hydrogens is 268 g/mol. The van der Waals surface area contributed by atoms with Gasteiger partial charge in [-0.2, -0.15) is 0 Å². The Kier molecular flexibility index (Phi) is 7.37. The summed E-state index contributed by atoms with van der Waals surface area (Å²) >= 11 is 0. The first-order valence-electron chi connectivity index (χ1n) is 7.32. The highest BCUT2D eigenvalue weighted by Crippen LogP contribution is 2.24. The van der Waals surface area contributed by atoms with Crippen molar-refractivity contribution >= 4 is 5.97 Å². The van der Waals surface area contributed by atoms with E-state index in [0.717, 1.165) is 30.6 Å². The molecule has 0 fully saturated rings. The minimum atomic E-state index is -0.374. The minimum absolute atomic E-state index is 0.311. The van der Waals surface area contributed by atoms with Gasteiger partial charge in [-0.1, -0.05) is 19.9 Å². The van der Waals surface area contributed by atoms with Crippen LogP contribution in [0.4, 0.5) is 0 Å². The number of aromatic hydroxyl groups is 1. The summed E-state index contributed by atoms with van der Waals surface area (Å²) in [7, 11) is 0. The molecule has 0 radical (unpaired) electrons. The second-order valence-electron chi connectivity index (χ2n) is 5.01. The predicted octanol–water partition coefficient (Wildman–Crippen LogP) is 3.62. The van der Waals surface area contributed by atoms with E-state index in [0.29, 0.717) is 31.0 Å². The van der Waals surface area contributed by atoms with E-state index < -0.39 is 0 Å². The highest BCUT2D eigenvalue weighted by atomic mass is 16.5. The zero-order valence-electron chi connectivity index (χ0n) is 12.9. The van der Waals surface area contributed by atoms with E-state index in [4.69, 9.17) is 9.47 Å². The summed E-state index contributed by atoms with van der Waals surface area (Å²) < 4.78 is 10.6. The van der Waals surface area contributed by atoms with Crippen molar-refractivity contribution < 1.29 is 19.4 Å². The van der Waals surface area contributed by atoms with Crippen LogP contribution in [-0.4, -0.2) is 24.3 Å². The van der Waals surface area contributed by atoms with Crippen LogP contribution >= 0.6 is 0 Å². The van der Waals surface area contributed by atoms with Crippen LogP contribution in [0, 0.1) is 0 Å². The molecule has 0 saturated heterocycles. The molecule has 0 aliphatic carbocycles. The third-order valence-corrected chi connectivity index (χ3v) is 2.99. The van der Waals surface area contributed by atoms with Gasteiger partial charge in [0.25, 0.3) is 0 Å². The molecule has 1 rings (SSSR count). The second kappa shape index (κ2) is 9.06. The van der Waals surface area contributed by atoms with E-state index in [1.54, 1.807) is 19.1 Å². The molecule has 0 aliphatic heterocycles. The molecule has 4 heteroatoms. The van der Waals surface area contributed by atoms with Crippen LogP contribution in [0.1, 0.15) is 38.7 Å². The molecular formula is C17H24O4. The van der Waals surface area contributed by atoms with Crippen LogP contribution in [0.3, 0.4) is 0 Å². The van der Waals surface area contributed by atoms with E-state index in [2.05, 4.69) is 13.5 Å². The molecule has 0 saturated carbocycles. The number of hydrogen-bond acceptors (Lipinski definition) is 4. The third-order valence-electron chi connectivity index (χ3n) is 2.99. The zero-order chi connectivity index (χ0) is 15.7. The van der Waals surface area contributed by atoms with Gasteiger partial charge in [-0.3, -0.25) is 0 Å². The fourth-order valence-electron chi connectivity index (χ4n) is 1.76. The Balaban J connectivity index is 2.35. The Bertz CT molecular complexity index is 480. The first kappa shape index (κ1) is 17.1. The number of rotatable bonds is 9. The maximum Gasteiger partial charge on any atom is 0.333 e. The van der Waals surface area contributed by atoms with Gasteiger partial charge in [0.2, 0.25) is 0 Å². The van der Waals surface area contributed by atoms with Crippen molar-refractivity contribution in [2.75, 3.05) is 13.2 Å². The lowest BCUT2D eigenvalue weighted by Gasteiger charge is -2.10. The average molecular weight is 292 g/mol. The highest BCUT2D eigenvalue weighted by Gasteiger charge is 2.05. The molecule has 0 atom stereocenters. The molecule has 0 bridgehead atoms. The molecule has 0 aliphatic rings. The Hall–Kier alpha value is -1.97. The normalized spacial score (nSPS) is 10.2. The van der Waals surface area contributed by atoms with Crippen molar-refractivity contribution in [3.8, 4) is 11.5 Å². The van der Waals surface area contributed by atoms with Gasteiger partial charge in [0.15, 0.2) is 0 Å². The first-order chi connectivity index (χ1) is 10.0. The Labute approximate surface area is 126 Å². The fraction of sp³-hybridized carbons (Fsp3) is 0.471. The molecule has 21 heavy (non-hydrogen) atoms. The van der Waals surface area contributed by atoms with Crippen LogP contribution in [0.25, 0.3) is 0 Å². The number of phenols is 1. The summed E-state index contributed by atoms with van der Waals surface area (Å²) in [6.07, 6.45) is 3.58. The number of esters is 1. The Morgan fingerprint density at radius 2 is 2.05 bits per heavy atom. The van der Waals surface area contributed by atoms with Crippen molar-refractivity contribution in [2.45, 2.75) is 39.5 Å². The number of ether oxygens (including phenoxy) is 2. The number of carbonyl (C=O) groups is 1. The van der Waals surface area contributed by atoms with Gasteiger partial charge in [0, 0.05) is 12.0 Å². The lowest BCUT2D eigenvalue weighted by Crippen LogP contribution is -2.09. The summed E-state index contributed by atoms with van der Waals surface area (Å²) in [5.74, 6) is 0.665. The third kappa shape index (κ3) is 6.34. The quantitative estimate of drug-likeness (QED) is 0.429. The number of aryl methyl sites for hydroxylation is 1. The summed E-state index contributed by atoms with van der Waals surface area (Å²) in [6, 6.07) is 5.26. The topological polar surface area (TPSA) is 55.8 Å². The zero-order valence-corrected chi connectivity index (χ0v) is 12.9. The standard InChI is InChI=1S/C17H24O4/c1-4-5-7-14-12-15(8-9-16(14)18)20-10-6-11-21-17(19)13(2)3/h8-9,12,18H,2,4-7,10-11H2,1,3H3. The van der Waals surface area contributed by atoms with Crippen molar-refractivity contribution in [1.29, 1.82) is 0 Å². The Morgan fingerprint density at radius 3 is 2.71 bits per heavy atom. The van der Waals surface area contributed by atoms with Crippen LogP contribution < -0.4 is 4.74 Å². The molecule has 0 amide bonds. The maximum absolute atomic E-state index is 11.2. The fourth-order valence-corrected chi connectivity index (χ4v) is 1.76. The van der Waals surface area contributed by atoms with Crippen molar-refractivity contribution in [3.05, 3.63) is 35.9 Å². The maximum atomic E-state index is 11.2. The van der Waals surface area contributed by atoms with E-state index in [-0.39, 0.29) is 5.97 Å². The van der Waals surface area contributed by atoms with Crippen molar-refractivity contribution in [3.63, 3.8) is 0 Å². The predicted molar refractivity (Wildman–Crippen MR) is 82.6 cm³/mol. The summed E-state index contributed by atoms with van der Waals surface area (Å²) in [6.45, 7) is 8.02. The van der Waals surface area contributed by atoms with E-state index in [1.807, 2.05) is 6.07 Å². The smallest absolute Gasteiger partial charge is 0.333 e. The van der Waals surface area contributed by atoms with Gasteiger partial charge in [-0.05, 0) is 43.5 Å². The highest BCUT2D eigenvalue weighted by molar-refractivity contribution is 5.86. The van der Waals surface area contributed by atoms with Crippen LogP contribution in [0.2, 0.25) is 0 Å². The SMILES string of the molecule is C=C(C)C(=O)OCCCOc1ccc(O)c(CCCC)c1. The second-order valence-corrected chi connectivity index (χ2v) is 5.01. The summed E-state index contributed by atoms with van der Waals surface area (Å²) in [5.41, 5.74) is 1.30. The average Bonchev–Trinajstić information content (AvgIpc) is 2.46. The molecule has 1 N–H and O–H groups in total. The van der Waals surface area contributed by atoms with E-state index in [1.165, 1.54) is 0 Å². The molecule has 0 aromatic heterocycles. The number of unbranched alkanes of at least 4 members (excludes halogenated alkanes) is 1. The summed E-state index contributed by atoms with van der Waals surface area (Å²) in [4.78, 5) is 11.2. The van der Waals surface area contributed by atoms with Gasteiger partial charge < -0.3 is 14.6 Å². The van der Waals surface area contributed by atoms with Crippen LogP contribution in [-0.2, 0) is 16.0 Å². The monoisotopic (exact) mass is 292 g/mol. The van der Waals surface area contributed by atoms with Crippen LogP contribution in [0.15, 0.2) is 30.4 Å². The summed E-state index contributed by atoms with van der Waals surface area (Å²) in [5, 5.41) is 9.76.